The first-order valence-electron chi connectivity index (χ1n) is 8.71. The van der Waals surface area contributed by atoms with Gasteiger partial charge in [0.05, 0.1) is 35.8 Å². The molecule has 0 spiro atoms. The van der Waals surface area contributed by atoms with E-state index in [9.17, 15) is 18.0 Å². The number of hydrazine groups is 1. The highest BCUT2D eigenvalue weighted by atomic mass is 19.4. The van der Waals surface area contributed by atoms with E-state index in [1.54, 1.807) is 0 Å². The number of ketones is 1. The first-order chi connectivity index (χ1) is 13.3. The second kappa shape index (κ2) is 7.01. The molecule has 0 bridgehead atoms. The molecule has 1 fully saturated rings. The molecule has 1 unspecified atom stereocenters. The summed E-state index contributed by atoms with van der Waals surface area (Å²) >= 11 is 0. The fourth-order valence-corrected chi connectivity index (χ4v) is 3.43. The molecule has 1 aliphatic heterocycles. The van der Waals surface area contributed by atoms with Crippen LogP contribution in [0.5, 0.6) is 0 Å². The van der Waals surface area contributed by atoms with Crippen molar-refractivity contribution in [2.24, 2.45) is 0 Å². The molecule has 4 rings (SSSR count). The summed E-state index contributed by atoms with van der Waals surface area (Å²) in [6, 6.07) is 7.57. The van der Waals surface area contributed by atoms with E-state index in [-0.39, 0.29) is 29.2 Å². The lowest BCUT2D eigenvalue weighted by atomic mass is 9.96. The van der Waals surface area contributed by atoms with Crippen molar-refractivity contribution in [3.8, 4) is 0 Å². The van der Waals surface area contributed by atoms with Crippen LogP contribution in [0.3, 0.4) is 0 Å². The lowest BCUT2D eigenvalue weighted by Gasteiger charge is -2.14. The van der Waals surface area contributed by atoms with Crippen LogP contribution in [0.25, 0.3) is 11.0 Å². The highest BCUT2D eigenvalue weighted by Gasteiger charge is 2.32. The normalized spacial score (nSPS) is 17.4. The fraction of sp³-hybridized carbons (Fsp3) is 0.263. The van der Waals surface area contributed by atoms with Crippen molar-refractivity contribution >= 4 is 16.8 Å². The number of aromatic amines is 1. The van der Waals surface area contributed by atoms with Crippen molar-refractivity contribution < 1.29 is 18.0 Å². The van der Waals surface area contributed by atoms with E-state index in [2.05, 4.69) is 26.1 Å². The SMILES string of the molecule is Cc1cc(CC(=O)c2cc(C(F)(F)F)cc3[nH]cnc23)cc(C2NCNN2)c1. The Hall–Kier alpha value is -2.75. The van der Waals surface area contributed by atoms with Crippen LogP contribution in [0.2, 0.25) is 0 Å². The van der Waals surface area contributed by atoms with Gasteiger partial charge in [0.15, 0.2) is 5.78 Å². The summed E-state index contributed by atoms with van der Waals surface area (Å²) in [6.07, 6.45) is -3.37. The Kier molecular flexibility index (Phi) is 4.66. The number of nitrogens with zero attached hydrogens (tertiary/aromatic N) is 1. The number of Topliss-reactive ketones (excluding diaryl/α,β-unsaturated/α-hetero) is 1. The topological polar surface area (TPSA) is 81.8 Å². The number of alkyl halides is 3. The number of hydrogen-bond acceptors (Lipinski definition) is 5. The molecule has 1 saturated heterocycles. The number of imidazole rings is 1. The van der Waals surface area contributed by atoms with Gasteiger partial charge in [-0.3, -0.25) is 10.1 Å². The molecule has 0 amide bonds. The molecule has 0 saturated carbocycles. The Bertz CT molecular complexity index is 1040. The van der Waals surface area contributed by atoms with Crippen LogP contribution in [0.1, 0.15) is 38.8 Å². The lowest BCUT2D eigenvalue weighted by Crippen LogP contribution is -2.25. The first-order valence-corrected chi connectivity index (χ1v) is 8.71. The number of carbonyl (C=O) groups is 1. The van der Waals surface area contributed by atoms with Gasteiger partial charge >= 0.3 is 6.18 Å². The van der Waals surface area contributed by atoms with Crippen LogP contribution in [-0.2, 0) is 12.6 Å². The van der Waals surface area contributed by atoms with Gasteiger partial charge in [-0.2, -0.15) is 13.2 Å². The van der Waals surface area contributed by atoms with Crippen LogP contribution in [0, 0.1) is 6.92 Å². The number of fused-ring (bicyclic) bond motifs is 1. The Morgan fingerprint density at radius 3 is 2.75 bits per heavy atom. The zero-order valence-corrected chi connectivity index (χ0v) is 14.9. The van der Waals surface area contributed by atoms with Gasteiger partial charge in [-0.1, -0.05) is 23.8 Å². The molecule has 3 aromatic rings. The van der Waals surface area contributed by atoms with Gasteiger partial charge in [0.25, 0.3) is 0 Å². The van der Waals surface area contributed by atoms with Crippen LogP contribution >= 0.6 is 0 Å². The van der Waals surface area contributed by atoms with Crippen molar-refractivity contribution in [3.05, 3.63) is 64.5 Å². The number of aromatic nitrogens is 2. The van der Waals surface area contributed by atoms with Gasteiger partial charge in [0, 0.05) is 12.0 Å². The Morgan fingerprint density at radius 1 is 1.21 bits per heavy atom. The smallest absolute Gasteiger partial charge is 0.345 e. The molecule has 1 atom stereocenters. The number of rotatable bonds is 4. The maximum Gasteiger partial charge on any atom is 0.416 e. The number of H-pyrrole nitrogens is 1. The molecule has 1 aliphatic rings. The van der Waals surface area contributed by atoms with Gasteiger partial charge in [0.2, 0.25) is 0 Å². The van der Waals surface area contributed by atoms with E-state index < -0.39 is 17.5 Å². The Morgan fingerprint density at radius 2 is 2.04 bits per heavy atom. The van der Waals surface area contributed by atoms with E-state index in [4.69, 9.17) is 0 Å². The molecular formula is C19H18F3N5O. The third-order valence-corrected chi connectivity index (χ3v) is 4.65. The first kappa shape index (κ1) is 18.6. The average molecular weight is 389 g/mol. The minimum Gasteiger partial charge on any atom is -0.345 e. The summed E-state index contributed by atoms with van der Waals surface area (Å²) in [4.78, 5) is 19.6. The van der Waals surface area contributed by atoms with Crippen molar-refractivity contribution in [1.29, 1.82) is 0 Å². The summed E-state index contributed by atoms with van der Waals surface area (Å²) in [6.45, 7) is 2.52. The standard InChI is InChI=1S/C19H18F3N5O/c1-10-2-11(4-12(3-10)18-25-9-26-27-18)5-16(28)14-6-13(19(20,21)22)7-15-17(14)24-8-23-15/h2-4,6-8,18,25-27H,5,9H2,1H3,(H,23,24). The summed E-state index contributed by atoms with van der Waals surface area (Å²) in [5, 5.41) is 3.21. The molecule has 28 heavy (non-hydrogen) atoms. The molecule has 9 heteroatoms. The molecule has 2 aromatic carbocycles. The van der Waals surface area contributed by atoms with Crippen LogP contribution in [0.15, 0.2) is 36.7 Å². The summed E-state index contributed by atoms with van der Waals surface area (Å²) < 4.78 is 39.6. The van der Waals surface area contributed by atoms with Crippen molar-refractivity contribution in [2.75, 3.05) is 6.67 Å². The fourth-order valence-electron chi connectivity index (χ4n) is 3.43. The molecule has 0 radical (unpaired) electrons. The van der Waals surface area contributed by atoms with Crippen LogP contribution in [-0.4, -0.2) is 22.4 Å². The highest BCUT2D eigenvalue weighted by molar-refractivity contribution is 6.07. The van der Waals surface area contributed by atoms with Gasteiger partial charge in [-0.05, 0) is 30.2 Å². The molecule has 0 aliphatic carbocycles. The van der Waals surface area contributed by atoms with Crippen molar-refractivity contribution in [3.63, 3.8) is 0 Å². The molecular weight excluding hydrogens is 371 g/mol. The number of carbonyl (C=O) groups excluding carboxylic acids is 1. The van der Waals surface area contributed by atoms with Gasteiger partial charge < -0.3 is 4.98 Å². The Labute approximate surface area is 158 Å². The number of aryl methyl sites for hydroxylation is 1. The maximum atomic E-state index is 13.2. The zero-order chi connectivity index (χ0) is 19.9. The average Bonchev–Trinajstić information content (AvgIpc) is 3.31. The van der Waals surface area contributed by atoms with E-state index in [0.717, 1.165) is 28.8 Å². The molecule has 1 aromatic heterocycles. The third kappa shape index (κ3) is 3.64. The van der Waals surface area contributed by atoms with Crippen LogP contribution < -0.4 is 16.2 Å². The number of halogens is 3. The van der Waals surface area contributed by atoms with Crippen molar-refractivity contribution in [1.82, 2.24) is 26.1 Å². The quantitative estimate of drug-likeness (QED) is 0.516. The van der Waals surface area contributed by atoms with Gasteiger partial charge in [-0.25, -0.2) is 15.8 Å². The van der Waals surface area contributed by atoms with Crippen molar-refractivity contribution in [2.45, 2.75) is 25.7 Å². The maximum absolute atomic E-state index is 13.2. The second-order valence-corrected chi connectivity index (χ2v) is 6.81. The van der Waals surface area contributed by atoms with Crippen LogP contribution in [0.4, 0.5) is 13.2 Å². The van der Waals surface area contributed by atoms with Gasteiger partial charge in [-0.15, -0.1) is 0 Å². The number of nitrogens with one attached hydrogen (secondary N) is 4. The largest absolute Gasteiger partial charge is 0.416 e. The Balaban J connectivity index is 1.68. The number of benzene rings is 2. The van der Waals surface area contributed by atoms with E-state index in [1.165, 1.54) is 6.33 Å². The van der Waals surface area contributed by atoms with E-state index in [1.807, 2.05) is 25.1 Å². The third-order valence-electron chi connectivity index (χ3n) is 4.65. The second-order valence-electron chi connectivity index (χ2n) is 6.81. The molecule has 6 nitrogen and oxygen atoms in total. The molecule has 146 valence electrons. The van der Waals surface area contributed by atoms with Gasteiger partial charge in [0.1, 0.15) is 0 Å². The minimum atomic E-state index is -4.54. The predicted molar refractivity (Wildman–Crippen MR) is 97.3 cm³/mol. The molecule has 2 heterocycles. The molecule has 4 N–H and O–H groups in total. The highest BCUT2D eigenvalue weighted by Crippen LogP contribution is 2.33. The summed E-state index contributed by atoms with van der Waals surface area (Å²) in [5.41, 5.74) is 8.21. The lowest BCUT2D eigenvalue weighted by molar-refractivity contribution is -0.137. The summed E-state index contributed by atoms with van der Waals surface area (Å²) in [7, 11) is 0. The number of hydrogen-bond donors (Lipinski definition) is 4. The monoisotopic (exact) mass is 389 g/mol. The predicted octanol–water partition coefficient (Wildman–Crippen LogP) is 2.97. The van der Waals surface area contributed by atoms with E-state index >= 15 is 0 Å². The zero-order valence-electron chi connectivity index (χ0n) is 14.9. The minimum absolute atomic E-state index is 0.0158. The van der Waals surface area contributed by atoms with E-state index in [0.29, 0.717) is 6.67 Å². The summed E-state index contributed by atoms with van der Waals surface area (Å²) in [5.74, 6) is -0.412.